The lowest BCUT2D eigenvalue weighted by Gasteiger charge is -2.25. The molecule has 1 aromatic rings. The molecule has 0 aliphatic heterocycles. The maximum Gasteiger partial charge on any atom is 0.321 e. The number of rotatable bonds is 6. The Labute approximate surface area is 160 Å². The van der Waals surface area contributed by atoms with Crippen molar-refractivity contribution in [3.05, 3.63) is 23.8 Å². The second-order valence-corrected chi connectivity index (χ2v) is 7.27. The quantitative estimate of drug-likeness (QED) is 0.714. The van der Waals surface area contributed by atoms with Gasteiger partial charge in [-0.05, 0) is 44.4 Å². The number of carbonyl (C=O) groups excluding carboxylic acids is 3. The number of aryl methyl sites for hydroxylation is 1. The standard InChI is InChI=1S/C20H30N4O3/c1-13-9-10-16(22-19(26)15-7-5-6-8-15)12-17(13)23-20(27)24(4)14(2)11-18(25)21-3/h9-10,12,14-15H,5-8,11H2,1-4H3,(H,21,25)(H,22,26)(H,23,27)/t14-/m0/s1. The summed E-state index contributed by atoms with van der Waals surface area (Å²) >= 11 is 0. The zero-order valence-electron chi connectivity index (χ0n) is 16.6. The average Bonchev–Trinajstić information content (AvgIpc) is 3.18. The van der Waals surface area contributed by atoms with Crippen molar-refractivity contribution in [1.82, 2.24) is 10.2 Å². The summed E-state index contributed by atoms with van der Waals surface area (Å²) in [5.74, 6) is 0.0148. The Bertz CT molecular complexity index is 698. The molecule has 0 aromatic heterocycles. The minimum Gasteiger partial charge on any atom is -0.359 e. The zero-order valence-corrected chi connectivity index (χ0v) is 16.6. The predicted molar refractivity (Wildman–Crippen MR) is 107 cm³/mol. The Balaban J connectivity index is 2.01. The van der Waals surface area contributed by atoms with Crippen molar-refractivity contribution in [2.75, 3.05) is 24.7 Å². The zero-order chi connectivity index (χ0) is 20.0. The highest BCUT2D eigenvalue weighted by Gasteiger charge is 2.23. The minimum atomic E-state index is -0.297. The van der Waals surface area contributed by atoms with Crippen molar-refractivity contribution in [2.24, 2.45) is 5.92 Å². The number of hydrogen-bond donors (Lipinski definition) is 3. The van der Waals surface area contributed by atoms with Gasteiger partial charge in [0.1, 0.15) is 0 Å². The lowest BCUT2D eigenvalue weighted by atomic mass is 10.1. The van der Waals surface area contributed by atoms with Crippen LogP contribution in [0, 0.1) is 12.8 Å². The van der Waals surface area contributed by atoms with Crippen LogP contribution in [0.2, 0.25) is 0 Å². The molecule has 1 aliphatic carbocycles. The van der Waals surface area contributed by atoms with Crippen LogP contribution < -0.4 is 16.0 Å². The maximum atomic E-state index is 12.5. The van der Waals surface area contributed by atoms with Crippen LogP contribution in [0.3, 0.4) is 0 Å². The van der Waals surface area contributed by atoms with Gasteiger partial charge in [0.25, 0.3) is 0 Å². The lowest BCUT2D eigenvalue weighted by Crippen LogP contribution is -2.40. The molecular weight excluding hydrogens is 344 g/mol. The minimum absolute atomic E-state index is 0.0462. The van der Waals surface area contributed by atoms with Crippen molar-refractivity contribution >= 4 is 29.2 Å². The smallest absolute Gasteiger partial charge is 0.321 e. The van der Waals surface area contributed by atoms with Gasteiger partial charge in [0.15, 0.2) is 0 Å². The van der Waals surface area contributed by atoms with E-state index in [1.807, 2.05) is 26.0 Å². The van der Waals surface area contributed by atoms with Crippen LogP contribution in [-0.4, -0.2) is 42.9 Å². The normalized spacial score (nSPS) is 15.1. The third-order valence-corrected chi connectivity index (χ3v) is 5.21. The molecule has 4 amide bonds. The van der Waals surface area contributed by atoms with Gasteiger partial charge in [-0.15, -0.1) is 0 Å². The molecule has 0 unspecified atom stereocenters. The second-order valence-electron chi connectivity index (χ2n) is 7.27. The second kappa shape index (κ2) is 9.39. The van der Waals surface area contributed by atoms with E-state index in [4.69, 9.17) is 0 Å². The number of nitrogens with one attached hydrogen (secondary N) is 3. The molecule has 7 heteroatoms. The summed E-state index contributed by atoms with van der Waals surface area (Å²) < 4.78 is 0. The van der Waals surface area contributed by atoms with Crippen molar-refractivity contribution in [3.63, 3.8) is 0 Å². The molecule has 27 heavy (non-hydrogen) atoms. The summed E-state index contributed by atoms with van der Waals surface area (Å²) in [6.07, 6.45) is 4.32. The van der Waals surface area contributed by atoms with Gasteiger partial charge >= 0.3 is 6.03 Å². The predicted octanol–water partition coefficient (Wildman–Crippen LogP) is 3.11. The van der Waals surface area contributed by atoms with E-state index in [9.17, 15) is 14.4 Å². The maximum absolute atomic E-state index is 12.5. The van der Waals surface area contributed by atoms with Crippen LogP contribution in [0.4, 0.5) is 16.2 Å². The summed E-state index contributed by atoms with van der Waals surface area (Å²) in [4.78, 5) is 37.8. The number of amides is 4. The van der Waals surface area contributed by atoms with E-state index in [2.05, 4.69) is 16.0 Å². The topological polar surface area (TPSA) is 90.5 Å². The number of benzene rings is 1. The first-order chi connectivity index (χ1) is 12.8. The van der Waals surface area contributed by atoms with Crippen LogP contribution in [0.25, 0.3) is 0 Å². The average molecular weight is 374 g/mol. The van der Waals surface area contributed by atoms with Gasteiger partial charge in [0.2, 0.25) is 11.8 Å². The van der Waals surface area contributed by atoms with Gasteiger partial charge in [0.05, 0.1) is 0 Å². The van der Waals surface area contributed by atoms with E-state index >= 15 is 0 Å². The largest absolute Gasteiger partial charge is 0.359 e. The van der Waals surface area contributed by atoms with E-state index in [1.165, 1.54) is 4.90 Å². The van der Waals surface area contributed by atoms with Gasteiger partial charge in [-0.25, -0.2) is 4.79 Å². The third kappa shape index (κ3) is 5.70. The van der Waals surface area contributed by atoms with Gasteiger partial charge in [-0.1, -0.05) is 18.9 Å². The van der Waals surface area contributed by atoms with Crippen molar-refractivity contribution in [3.8, 4) is 0 Å². The summed E-state index contributed by atoms with van der Waals surface area (Å²) in [6, 6.07) is 4.95. The molecule has 1 aromatic carbocycles. The highest BCUT2D eigenvalue weighted by molar-refractivity contribution is 5.95. The van der Waals surface area contributed by atoms with Crippen molar-refractivity contribution < 1.29 is 14.4 Å². The summed E-state index contributed by atoms with van der Waals surface area (Å²) in [5.41, 5.74) is 2.21. The summed E-state index contributed by atoms with van der Waals surface area (Å²) in [7, 11) is 3.23. The van der Waals surface area contributed by atoms with E-state index in [1.54, 1.807) is 20.2 Å². The fourth-order valence-corrected chi connectivity index (χ4v) is 3.18. The number of urea groups is 1. The van der Waals surface area contributed by atoms with Crippen molar-refractivity contribution in [2.45, 2.75) is 52.0 Å². The van der Waals surface area contributed by atoms with Gasteiger partial charge < -0.3 is 20.9 Å². The van der Waals surface area contributed by atoms with Gasteiger partial charge in [-0.2, -0.15) is 0 Å². The first kappa shape index (κ1) is 20.7. The fraction of sp³-hybridized carbons (Fsp3) is 0.550. The Morgan fingerprint density at radius 2 is 1.85 bits per heavy atom. The number of anilines is 2. The van der Waals surface area contributed by atoms with E-state index in [0.717, 1.165) is 31.2 Å². The molecule has 0 radical (unpaired) electrons. The van der Waals surface area contributed by atoms with Gasteiger partial charge in [0, 0.05) is 43.9 Å². The summed E-state index contributed by atoms with van der Waals surface area (Å²) in [5, 5.41) is 8.38. The molecule has 1 atom stereocenters. The van der Waals surface area contributed by atoms with Crippen LogP contribution in [0.5, 0.6) is 0 Å². The Morgan fingerprint density at radius 3 is 2.48 bits per heavy atom. The molecule has 148 valence electrons. The van der Waals surface area contributed by atoms with Crippen LogP contribution in [-0.2, 0) is 9.59 Å². The van der Waals surface area contributed by atoms with Crippen LogP contribution in [0.15, 0.2) is 18.2 Å². The molecule has 1 fully saturated rings. The molecule has 1 aliphatic rings. The highest BCUT2D eigenvalue weighted by atomic mass is 16.2. The molecule has 0 saturated heterocycles. The molecule has 3 N–H and O–H groups in total. The van der Waals surface area contributed by atoms with E-state index < -0.39 is 0 Å². The summed E-state index contributed by atoms with van der Waals surface area (Å²) in [6.45, 7) is 3.71. The first-order valence-electron chi connectivity index (χ1n) is 9.47. The van der Waals surface area contributed by atoms with Crippen molar-refractivity contribution in [1.29, 1.82) is 0 Å². The Hall–Kier alpha value is -2.57. The lowest BCUT2D eigenvalue weighted by molar-refractivity contribution is -0.121. The van der Waals surface area contributed by atoms with Crippen LogP contribution in [0.1, 0.15) is 44.6 Å². The SMILES string of the molecule is CNC(=O)C[C@H](C)N(C)C(=O)Nc1cc(NC(=O)C2CCCC2)ccc1C. The monoisotopic (exact) mass is 374 g/mol. The van der Waals surface area contributed by atoms with E-state index in [0.29, 0.717) is 11.4 Å². The number of nitrogens with zero attached hydrogens (tertiary/aromatic N) is 1. The van der Waals surface area contributed by atoms with E-state index in [-0.39, 0.29) is 36.2 Å². The molecule has 7 nitrogen and oxygen atoms in total. The third-order valence-electron chi connectivity index (χ3n) is 5.21. The molecular formula is C20H30N4O3. The van der Waals surface area contributed by atoms with Gasteiger partial charge in [-0.3, -0.25) is 9.59 Å². The number of hydrogen-bond acceptors (Lipinski definition) is 3. The molecule has 0 bridgehead atoms. The number of carbonyl (C=O) groups is 3. The molecule has 1 saturated carbocycles. The molecule has 2 rings (SSSR count). The molecule has 0 spiro atoms. The Morgan fingerprint density at radius 1 is 1.19 bits per heavy atom. The fourth-order valence-electron chi connectivity index (χ4n) is 3.18. The molecule has 0 heterocycles. The highest BCUT2D eigenvalue weighted by Crippen LogP contribution is 2.27. The first-order valence-corrected chi connectivity index (χ1v) is 9.47. The Kier molecular flexibility index (Phi) is 7.21. The van der Waals surface area contributed by atoms with Crippen LogP contribution >= 0.6 is 0 Å².